The molecule has 9 nitrogen and oxygen atoms in total. The predicted molar refractivity (Wildman–Crippen MR) is 148 cm³/mol. The van der Waals surface area contributed by atoms with Crippen LogP contribution in [0, 0.1) is 0 Å². The van der Waals surface area contributed by atoms with Gasteiger partial charge in [-0.2, -0.15) is 5.10 Å². The van der Waals surface area contributed by atoms with E-state index in [1.165, 1.54) is 12.8 Å². The Balaban J connectivity index is 1.24. The first-order valence-corrected chi connectivity index (χ1v) is 14.0. The maximum atomic E-state index is 13.2. The first-order valence-electron chi connectivity index (χ1n) is 14.0. The highest BCUT2D eigenvalue weighted by Crippen LogP contribution is 2.36. The summed E-state index contributed by atoms with van der Waals surface area (Å²) in [6.07, 6.45) is 10.3. The molecule has 3 aromatic rings. The predicted octanol–water partition coefficient (Wildman–Crippen LogP) is 3.40. The number of nitrogens with one attached hydrogen (secondary N) is 2. The zero-order valence-electron chi connectivity index (χ0n) is 22.3. The van der Waals surface area contributed by atoms with Crippen LogP contribution < -0.4 is 16.2 Å². The van der Waals surface area contributed by atoms with Crippen molar-refractivity contribution in [3.8, 4) is 0 Å². The van der Waals surface area contributed by atoms with Crippen LogP contribution in [0.5, 0.6) is 0 Å². The van der Waals surface area contributed by atoms with Crippen LogP contribution in [0.3, 0.4) is 0 Å². The number of rotatable bonds is 6. The fourth-order valence-corrected chi connectivity index (χ4v) is 6.14. The van der Waals surface area contributed by atoms with Crippen molar-refractivity contribution < 1.29 is 9.90 Å². The summed E-state index contributed by atoms with van der Waals surface area (Å²) in [7, 11) is 0. The Labute approximate surface area is 222 Å². The van der Waals surface area contributed by atoms with Crippen LogP contribution in [-0.4, -0.2) is 62.5 Å². The van der Waals surface area contributed by atoms with Gasteiger partial charge in [0.05, 0.1) is 17.2 Å². The number of fused-ring (bicyclic) bond motifs is 1. The first-order chi connectivity index (χ1) is 18.3. The Bertz CT molecular complexity index is 1390. The van der Waals surface area contributed by atoms with Gasteiger partial charge in [0, 0.05) is 67.3 Å². The van der Waals surface area contributed by atoms with E-state index in [0.29, 0.717) is 23.3 Å². The van der Waals surface area contributed by atoms with E-state index < -0.39 is 11.5 Å². The second kappa shape index (κ2) is 9.94. The Morgan fingerprint density at radius 2 is 1.74 bits per heavy atom. The third-order valence-electron chi connectivity index (χ3n) is 8.44. The van der Waals surface area contributed by atoms with E-state index in [1.807, 2.05) is 12.1 Å². The molecule has 202 valence electrons. The molecule has 3 N–H and O–H groups in total. The lowest BCUT2D eigenvalue weighted by atomic mass is 9.90. The Morgan fingerprint density at radius 1 is 1.05 bits per heavy atom. The van der Waals surface area contributed by atoms with Crippen LogP contribution in [0.15, 0.2) is 41.5 Å². The van der Waals surface area contributed by atoms with Crippen LogP contribution in [0.2, 0.25) is 0 Å². The van der Waals surface area contributed by atoms with Gasteiger partial charge in [-0.05, 0) is 76.6 Å². The molecule has 9 heteroatoms. The quantitative estimate of drug-likeness (QED) is 0.462. The fourth-order valence-electron chi connectivity index (χ4n) is 6.14. The van der Waals surface area contributed by atoms with Crippen molar-refractivity contribution in [2.24, 2.45) is 0 Å². The number of amides is 1. The van der Waals surface area contributed by atoms with Crippen molar-refractivity contribution in [2.75, 3.05) is 31.5 Å². The van der Waals surface area contributed by atoms with E-state index in [2.05, 4.69) is 26.4 Å². The Morgan fingerprint density at radius 3 is 2.42 bits per heavy atom. The fraction of sp³-hybridized carbons (Fsp3) is 0.552. The van der Waals surface area contributed by atoms with Gasteiger partial charge in [-0.1, -0.05) is 0 Å². The van der Waals surface area contributed by atoms with Crippen molar-refractivity contribution in [1.29, 1.82) is 0 Å². The SMILES string of the molecule is CC(C)(O)c1cc2nn([C@H]3CC[C@H](N4CCNCC4)CC3)cc2cc1NC(=O)c1cccn(C2CC2)c1=O. The molecule has 2 aromatic heterocycles. The maximum Gasteiger partial charge on any atom is 0.263 e. The van der Waals surface area contributed by atoms with Gasteiger partial charge in [0.15, 0.2) is 0 Å². The molecular formula is C29H38N6O3. The minimum Gasteiger partial charge on any atom is -0.386 e. The summed E-state index contributed by atoms with van der Waals surface area (Å²) in [6, 6.07) is 8.24. The van der Waals surface area contributed by atoms with Crippen LogP contribution >= 0.6 is 0 Å². The lowest BCUT2D eigenvalue weighted by molar-refractivity contribution is 0.0793. The second-order valence-electron chi connectivity index (χ2n) is 11.7. The summed E-state index contributed by atoms with van der Waals surface area (Å²) in [5.41, 5.74) is 0.496. The van der Waals surface area contributed by atoms with Gasteiger partial charge < -0.3 is 20.3 Å². The van der Waals surface area contributed by atoms with Crippen molar-refractivity contribution in [2.45, 2.75) is 76.1 Å². The van der Waals surface area contributed by atoms with Crippen LogP contribution in [0.1, 0.15) is 80.4 Å². The summed E-state index contributed by atoms with van der Waals surface area (Å²) in [6.45, 7) is 7.81. The highest BCUT2D eigenvalue weighted by molar-refractivity contribution is 6.05. The number of pyridine rings is 1. The van der Waals surface area contributed by atoms with Gasteiger partial charge in [0.1, 0.15) is 5.56 Å². The largest absolute Gasteiger partial charge is 0.386 e. The molecular weight excluding hydrogens is 480 g/mol. The van der Waals surface area contributed by atoms with Crippen LogP contribution in [0.25, 0.3) is 10.9 Å². The van der Waals surface area contributed by atoms with E-state index >= 15 is 0 Å². The third kappa shape index (κ3) is 5.02. The number of aliphatic hydroxyl groups is 1. The normalized spacial score (nSPS) is 23.0. The van der Waals surface area contributed by atoms with E-state index in [4.69, 9.17) is 5.10 Å². The third-order valence-corrected chi connectivity index (χ3v) is 8.44. The van der Waals surface area contributed by atoms with Crippen LogP contribution in [-0.2, 0) is 5.60 Å². The van der Waals surface area contributed by atoms with E-state index in [0.717, 1.165) is 62.8 Å². The Hall–Kier alpha value is -3.01. The highest BCUT2D eigenvalue weighted by atomic mass is 16.3. The molecule has 0 radical (unpaired) electrons. The van der Waals surface area contributed by atoms with Crippen LogP contribution in [0.4, 0.5) is 5.69 Å². The zero-order valence-corrected chi connectivity index (χ0v) is 22.3. The van der Waals surface area contributed by atoms with Crippen molar-refractivity contribution >= 4 is 22.5 Å². The molecule has 0 spiro atoms. The van der Waals surface area contributed by atoms with Gasteiger partial charge >= 0.3 is 0 Å². The van der Waals surface area contributed by atoms with Gasteiger partial charge in [-0.25, -0.2) is 0 Å². The topological polar surface area (TPSA) is 104 Å². The summed E-state index contributed by atoms with van der Waals surface area (Å²) < 4.78 is 3.72. The molecule has 38 heavy (non-hydrogen) atoms. The van der Waals surface area contributed by atoms with Gasteiger partial charge in [0.2, 0.25) is 0 Å². The molecule has 3 fully saturated rings. The number of hydrogen-bond donors (Lipinski definition) is 3. The molecule has 0 bridgehead atoms. The van der Waals surface area contributed by atoms with E-state index in [-0.39, 0.29) is 17.2 Å². The highest BCUT2D eigenvalue weighted by Gasteiger charge is 2.30. The lowest BCUT2D eigenvalue weighted by Crippen LogP contribution is -2.49. The molecule has 0 unspecified atom stereocenters. The number of hydrogen-bond acceptors (Lipinski definition) is 6. The molecule has 1 aliphatic heterocycles. The summed E-state index contributed by atoms with van der Waals surface area (Å²) in [5, 5.41) is 23.1. The van der Waals surface area contributed by atoms with Gasteiger partial charge in [-0.3, -0.25) is 19.2 Å². The monoisotopic (exact) mass is 518 g/mol. The molecule has 3 heterocycles. The number of nitrogens with zero attached hydrogens (tertiary/aromatic N) is 4. The molecule has 1 saturated heterocycles. The van der Waals surface area contributed by atoms with Crippen molar-refractivity contribution in [3.05, 3.63) is 58.1 Å². The first kappa shape index (κ1) is 25.3. The average molecular weight is 519 g/mol. The lowest BCUT2D eigenvalue weighted by Gasteiger charge is -2.39. The summed E-state index contributed by atoms with van der Waals surface area (Å²) >= 11 is 0. The number of carbonyl (C=O) groups is 1. The van der Waals surface area contributed by atoms with E-state index in [1.54, 1.807) is 36.7 Å². The molecule has 1 aromatic carbocycles. The van der Waals surface area contributed by atoms with Gasteiger partial charge in [-0.15, -0.1) is 0 Å². The minimum atomic E-state index is -1.20. The zero-order chi connectivity index (χ0) is 26.4. The number of aromatic nitrogens is 3. The average Bonchev–Trinajstić information content (AvgIpc) is 3.67. The number of carbonyl (C=O) groups excluding carboxylic acids is 1. The Kier molecular flexibility index (Phi) is 6.62. The molecule has 2 saturated carbocycles. The minimum absolute atomic E-state index is 0.109. The van der Waals surface area contributed by atoms with Crippen molar-refractivity contribution in [1.82, 2.24) is 24.6 Å². The van der Waals surface area contributed by atoms with Crippen molar-refractivity contribution in [3.63, 3.8) is 0 Å². The second-order valence-corrected chi connectivity index (χ2v) is 11.7. The molecule has 0 atom stereocenters. The molecule has 2 aliphatic carbocycles. The number of anilines is 1. The van der Waals surface area contributed by atoms with Gasteiger partial charge in [0.25, 0.3) is 11.5 Å². The maximum absolute atomic E-state index is 13.2. The molecule has 1 amide bonds. The standard InChI is InChI=1S/C29H38N6O3/c1-29(2,38)24-17-25-19(16-26(24)31-27(36)23-4-3-13-34(28(23)37)21-7-8-21)18-35(32-25)22-9-5-20(6-10-22)33-14-11-30-12-15-33/h3-4,13,16-18,20-22,30,38H,5-12,14-15H2,1-2H3,(H,31,36)/t20-,22-. The van der Waals surface area contributed by atoms with E-state index in [9.17, 15) is 14.7 Å². The molecule has 3 aliphatic rings. The summed E-state index contributed by atoms with van der Waals surface area (Å²) in [5.74, 6) is -0.464. The summed E-state index contributed by atoms with van der Waals surface area (Å²) in [4.78, 5) is 28.8. The molecule has 6 rings (SSSR count). The smallest absolute Gasteiger partial charge is 0.263 e. The number of piperazine rings is 1. The number of benzene rings is 1.